The van der Waals surface area contributed by atoms with Crippen LogP contribution in [0, 0.1) is 5.41 Å². The average Bonchev–Trinajstić information content (AvgIpc) is 2.23. The first-order chi connectivity index (χ1) is 7.98. The Morgan fingerprint density at radius 3 is 2.24 bits per heavy atom. The Kier molecular flexibility index (Phi) is 4.04. The fraction of sp³-hybridized carbons (Fsp3) is 0.583. The standard InChI is InChI=1S/C12H20N4O/c1-4-6-8(3)12(7-5-2)9(13)15-11(17)16-10(12)14/h6H,4-5,7H2,1-3H3,(H4,13,14,15,16,17)/b8-6+. The van der Waals surface area contributed by atoms with Gasteiger partial charge in [-0.1, -0.05) is 31.9 Å². The van der Waals surface area contributed by atoms with Crippen molar-refractivity contribution >= 4 is 17.7 Å². The third kappa shape index (κ3) is 2.23. The van der Waals surface area contributed by atoms with Crippen LogP contribution in [0.2, 0.25) is 0 Å². The summed E-state index contributed by atoms with van der Waals surface area (Å²) >= 11 is 0. The van der Waals surface area contributed by atoms with Crippen LogP contribution in [0.4, 0.5) is 4.79 Å². The first-order valence-corrected chi connectivity index (χ1v) is 5.89. The molecule has 5 heteroatoms. The summed E-state index contributed by atoms with van der Waals surface area (Å²) in [6, 6.07) is -0.615. The summed E-state index contributed by atoms with van der Waals surface area (Å²) < 4.78 is 0. The van der Waals surface area contributed by atoms with Gasteiger partial charge in [0.05, 0.1) is 0 Å². The van der Waals surface area contributed by atoms with Crippen molar-refractivity contribution in [1.82, 2.24) is 0 Å². The molecule has 1 heterocycles. The van der Waals surface area contributed by atoms with Crippen molar-refractivity contribution in [3.63, 3.8) is 0 Å². The molecule has 0 atom stereocenters. The molecule has 94 valence electrons. The highest BCUT2D eigenvalue weighted by Crippen LogP contribution is 2.35. The summed E-state index contributed by atoms with van der Waals surface area (Å²) in [6.07, 6.45) is 4.53. The van der Waals surface area contributed by atoms with E-state index < -0.39 is 11.4 Å². The second kappa shape index (κ2) is 5.12. The highest BCUT2D eigenvalue weighted by Gasteiger charge is 2.42. The second-order valence-electron chi connectivity index (χ2n) is 4.23. The van der Waals surface area contributed by atoms with Gasteiger partial charge in [0.25, 0.3) is 0 Å². The van der Waals surface area contributed by atoms with Crippen LogP contribution in [0.1, 0.15) is 40.0 Å². The summed E-state index contributed by atoms with van der Waals surface area (Å²) in [5.74, 6) is 0.526. The first-order valence-electron chi connectivity index (χ1n) is 5.89. The molecule has 0 unspecified atom stereocenters. The number of hydrogen-bond acceptors (Lipinski definition) is 3. The lowest BCUT2D eigenvalue weighted by atomic mass is 9.73. The zero-order valence-corrected chi connectivity index (χ0v) is 10.7. The van der Waals surface area contributed by atoms with Gasteiger partial charge in [-0.15, -0.1) is 0 Å². The number of rotatable bonds is 4. The topological polar surface area (TPSA) is 93.8 Å². The summed E-state index contributed by atoms with van der Waals surface area (Å²) in [5, 5.41) is 0. The first kappa shape index (κ1) is 13.4. The van der Waals surface area contributed by atoms with Gasteiger partial charge >= 0.3 is 6.03 Å². The van der Waals surface area contributed by atoms with E-state index in [-0.39, 0.29) is 11.7 Å². The molecule has 0 spiro atoms. The molecule has 1 rings (SSSR count). The third-order valence-electron chi connectivity index (χ3n) is 3.12. The molecule has 0 radical (unpaired) electrons. The van der Waals surface area contributed by atoms with Gasteiger partial charge in [0.1, 0.15) is 17.1 Å². The van der Waals surface area contributed by atoms with Crippen LogP contribution in [0.25, 0.3) is 0 Å². The van der Waals surface area contributed by atoms with Crippen molar-refractivity contribution in [3.05, 3.63) is 11.6 Å². The van der Waals surface area contributed by atoms with E-state index in [4.69, 9.17) is 11.5 Å². The molecule has 0 bridgehead atoms. The number of urea groups is 1. The van der Waals surface area contributed by atoms with E-state index in [2.05, 4.69) is 16.1 Å². The molecule has 0 fully saturated rings. The van der Waals surface area contributed by atoms with Crippen molar-refractivity contribution < 1.29 is 4.79 Å². The second-order valence-corrected chi connectivity index (χ2v) is 4.23. The predicted molar refractivity (Wildman–Crippen MR) is 70.0 cm³/mol. The SMILES string of the molecule is CC/C=C(\C)C1(CCC)C(N)=NC(=O)N=C1N. The van der Waals surface area contributed by atoms with E-state index in [1.807, 2.05) is 20.8 Å². The molecule has 2 amide bonds. The maximum Gasteiger partial charge on any atom is 0.370 e. The van der Waals surface area contributed by atoms with E-state index in [0.717, 1.165) is 18.4 Å². The number of carbonyl (C=O) groups excluding carboxylic acids is 1. The van der Waals surface area contributed by atoms with Crippen LogP contribution in [-0.2, 0) is 0 Å². The Bertz CT molecular complexity index is 385. The van der Waals surface area contributed by atoms with E-state index >= 15 is 0 Å². The summed E-state index contributed by atoms with van der Waals surface area (Å²) in [5.41, 5.74) is 12.2. The molecule has 0 aliphatic carbocycles. The van der Waals surface area contributed by atoms with Crippen LogP contribution < -0.4 is 11.5 Å². The number of nitrogens with zero attached hydrogens (tertiary/aromatic N) is 2. The minimum atomic E-state index is -0.668. The minimum absolute atomic E-state index is 0.263. The molecule has 1 aliphatic heterocycles. The minimum Gasteiger partial charge on any atom is -0.386 e. The Balaban J connectivity index is 3.33. The third-order valence-corrected chi connectivity index (χ3v) is 3.12. The largest absolute Gasteiger partial charge is 0.386 e. The average molecular weight is 236 g/mol. The molecule has 0 aromatic carbocycles. The van der Waals surface area contributed by atoms with Gasteiger partial charge in [-0.2, -0.15) is 9.98 Å². The summed E-state index contributed by atoms with van der Waals surface area (Å²) in [4.78, 5) is 18.7. The van der Waals surface area contributed by atoms with Gasteiger partial charge in [0, 0.05) is 0 Å². The maximum absolute atomic E-state index is 11.2. The van der Waals surface area contributed by atoms with Crippen molar-refractivity contribution in [3.8, 4) is 0 Å². The van der Waals surface area contributed by atoms with E-state index in [0.29, 0.717) is 6.42 Å². The van der Waals surface area contributed by atoms with Crippen LogP contribution >= 0.6 is 0 Å². The zero-order valence-electron chi connectivity index (χ0n) is 10.7. The van der Waals surface area contributed by atoms with Crippen LogP contribution in [0.5, 0.6) is 0 Å². The zero-order chi connectivity index (χ0) is 13.1. The van der Waals surface area contributed by atoms with Gasteiger partial charge in [0.15, 0.2) is 0 Å². The lowest BCUT2D eigenvalue weighted by molar-refractivity contribution is 0.256. The van der Waals surface area contributed by atoms with Crippen molar-refractivity contribution in [2.45, 2.75) is 40.0 Å². The van der Waals surface area contributed by atoms with Crippen LogP contribution in [-0.4, -0.2) is 17.7 Å². The smallest absolute Gasteiger partial charge is 0.370 e. The Morgan fingerprint density at radius 2 is 1.82 bits per heavy atom. The molecule has 1 aliphatic rings. The molecular weight excluding hydrogens is 216 g/mol. The molecular formula is C12H20N4O. The van der Waals surface area contributed by atoms with Gasteiger partial charge in [-0.05, 0) is 19.8 Å². The number of aliphatic imine (C=N–C) groups is 2. The van der Waals surface area contributed by atoms with E-state index in [1.165, 1.54) is 0 Å². The predicted octanol–water partition coefficient (Wildman–Crippen LogP) is 1.98. The van der Waals surface area contributed by atoms with Gasteiger partial charge in [-0.25, -0.2) is 4.79 Å². The molecule has 0 saturated carbocycles. The quantitative estimate of drug-likeness (QED) is 0.731. The number of amidine groups is 2. The van der Waals surface area contributed by atoms with Crippen LogP contribution in [0.15, 0.2) is 21.6 Å². The molecule has 0 aromatic rings. The summed E-state index contributed by atoms with van der Waals surface area (Å²) in [6.45, 7) is 6.04. The van der Waals surface area contributed by atoms with Gasteiger partial charge in [0.2, 0.25) is 0 Å². The number of hydrogen-bond donors (Lipinski definition) is 2. The van der Waals surface area contributed by atoms with Crippen LogP contribution in [0.3, 0.4) is 0 Å². The highest BCUT2D eigenvalue weighted by atomic mass is 16.2. The molecule has 0 saturated heterocycles. The number of allylic oxidation sites excluding steroid dienone is 1. The Labute approximate surface area is 102 Å². The van der Waals surface area contributed by atoms with Gasteiger partial charge in [-0.3, -0.25) is 0 Å². The lowest BCUT2D eigenvalue weighted by Crippen LogP contribution is -2.51. The molecule has 17 heavy (non-hydrogen) atoms. The van der Waals surface area contributed by atoms with E-state index in [1.54, 1.807) is 0 Å². The fourth-order valence-corrected chi connectivity index (χ4v) is 2.27. The monoisotopic (exact) mass is 236 g/mol. The Morgan fingerprint density at radius 1 is 1.29 bits per heavy atom. The lowest BCUT2D eigenvalue weighted by Gasteiger charge is -2.35. The number of nitrogens with two attached hydrogens (primary N) is 2. The molecule has 0 aromatic heterocycles. The number of carbonyl (C=O) groups is 1. The number of amides is 2. The van der Waals surface area contributed by atoms with Crippen molar-refractivity contribution in [2.75, 3.05) is 0 Å². The highest BCUT2D eigenvalue weighted by molar-refractivity contribution is 6.19. The molecule has 5 nitrogen and oxygen atoms in total. The van der Waals surface area contributed by atoms with E-state index in [9.17, 15) is 4.79 Å². The summed E-state index contributed by atoms with van der Waals surface area (Å²) in [7, 11) is 0. The van der Waals surface area contributed by atoms with Crippen molar-refractivity contribution in [2.24, 2.45) is 26.9 Å². The maximum atomic E-state index is 11.2. The molecule has 4 N–H and O–H groups in total. The van der Waals surface area contributed by atoms with Crippen molar-refractivity contribution in [1.29, 1.82) is 0 Å². The fourth-order valence-electron chi connectivity index (χ4n) is 2.27. The Hall–Kier alpha value is -1.65. The normalized spacial score (nSPS) is 19.9. The van der Waals surface area contributed by atoms with Gasteiger partial charge < -0.3 is 11.5 Å².